The van der Waals surface area contributed by atoms with Crippen LogP contribution in [-0.2, 0) is 6.42 Å². The number of aromatic nitrogens is 1. The molecule has 0 saturated heterocycles. The summed E-state index contributed by atoms with van der Waals surface area (Å²) >= 11 is 7.43. The lowest BCUT2D eigenvalue weighted by Gasteiger charge is -2.12. The lowest BCUT2D eigenvalue weighted by molar-refractivity contribution is 0.0656. The number of fused-ring (bicyclic) bond motifs is 1. The van der Waals surface area contributed by atoms with E-state index in [0.717, 1.165) is 16.3 Å². The predicted octanol–water partition coefficient (Wildman–Crippen LogP) is 4.88. The maximum Gasteiger partial charge on any atom is 0.261 e. The molecule has 0 unspecified atom stereocenters. The predicted molar refractivity (Wildman–Crippen MR) is 108 cm³/mol. The fourth-order valence-electron chi connectivity index (χ4n) is 2.83. The van der Waals surface area contributed by atoms with Crippen LogP contribution >= 0.6 is 39.9 Å². The monoisotopic (exact) mass is 448 g/mol. The minimum atomic E-state index is -0.227. The molecule has 0 radical (unpaired) electrons. The number of hydrogen-bond acceptors (Lipinski definition) is 4. The van der Waals surface area contributed by atoms with Crippen molar-refractivity contribution >= 4 is 51.7 Å². The van der Waals surface area contributed by atoms with Crippen molar-refractivity contribution in [3.63, 3.8) is 0 Å². The molecule has 0 atom stereocenters. The van der Waals surface area contributed by atoms with Gasteiger partial charge in [0.15, 0.2) is 0 Å². The molecule has 1 aliphatic heterocycles. The molecule has 4 nitrogen and oxygen atoms in total. The van der Waals surface area contributed by atoms with Crippen LogP contribution in [0.1, 0.15) is 25.7 Å². The third kappa shape index (κ3) is 3.45. The van der Waals surface area contributed by atoms with Crippen molar-refractivity contribution in [1.29, 1.82) is 0 Å². The fourth-order valence-corrected chi connectivity index (χ4v) is 3.75. The zero-order valence-corrected chi connectivity index (χ0v) is 16.8. The highest BCUT2D eigenvalue weighted by atomic mass is 79.9. The molecular weight excluding hydrogens is 436 g/mol. The molecule has 7 heteroatoms. The summed E-state index contributed by atoms with van der Waals surface area (Å²) in [7, 11) is 0. The second-order valence-corrected chi connectivity index (χ2v) is 7.07. The molecule has 0 aliphatic carbocycles. The highest BCUT2D eigenvalue weighted by molar-refractivity contribution is 8.93. The number of halogens is 2. The molecule has 0 saturated carbocycles. The van der Waals surface area contributed by atoms with Crippen LogP contribution in [0.2, 0.25) is 5.02 Å². The Bertz CT molecular complexity index is 937. The second-order valence-electron chi connectivity index (χ2n) is 5.69. The number of hydrogen-bond donors (Lipinski definition) is 0. The standard InChI is InChI=1S/C19H13ClN2O2S.BrH/c20-13-7-5-12(6-8-13)16-11-25-17(21-16)9-10-22-18(23)14-3-1-2-4-15(14)19(22)24;/h1-8,11H,9-10H2;1H. The number of amides is 2. The van der Waals surface area contributed by atoms with E-state index in [4.69, 9.17) is 11.6 Å². The topological polar surface area (TPSA) is 50.3 Å². The molecule has 4 rings (SSSR count). The Morgan fingerprint density at radius 1 is 0.962 bits per heavy atom. The van der Waals surface area contributed by atoms with Crippen LogP contribution < -0.4 is 0 Å². The number of benzene rings is 2. The Morgan fingerprint density at radius 2 is 1.58 bits per heavy atom. The number of imide groups is 1. The van der Waals surface area contributed by atoms with Crippen molar-refractivity contribution in [3.05, 3.63) is 75.1 Å². The van der Waals surface area contributed by atoms with Gasteiger partial charge < -0.3 is 0 Å². The number of carbonyl (C=O) groups is 2. The van der Waals surface area contributed by atoms with E-state index in [0.29, 0.717) is 29.1 Å². The largest absolute Gasteiger partial charge is 0.274 e. The second kappa shape index (κ2) is 7.70. The summed E-state index contributed by atoms with van der Waals surface area (Å²) in [4.78, 5) is 30.6. The first-order valence-corrected chi connectivity index (χ1v) is 9.05. The molecule has 0 fully saturated rings. The number of carbonyl (C=O) groups excluding carboxylic acids is 2. The highest BCUT2D eigenvalue weighted by Gasteiger charge is 2.34. The van der Waals surface area contributed by atoms with Crippen molar-refractivity contribution in [2.45, 2.75) is 6.42 Å². The van der Waals surface area contributed by atoms with Crippen LogP contribution in [0.3, 0.4) is 0 Å². The van der Waals surface area contributed by atoms with Gasteiger partial charge in [-0.3, -0.25) is 14.5 Å². The Kier molecular flexibility index (Phi) is 5.55. The van der Waals surface area contributed by atoms with Gasteiger partial charge >= 0.3 is 0 Å². The molecule has 0 N–H and O–H groups in total. The lowest BCUT2D eigenvalue weighted by atomic mass is 10.1. The van der Waals surface area contributed by atoms with E-state index < -0.39 is 0 Å². The van der Waals surface area contributed by atoms with Crippen LogP contribution in [0.25, 0.3) is 11.3 Å². The third-order valence-electron chi connectivity index (χ3n) is 4.12. The van der Waals surface area contributed by atoms with E-state index >= 15 is 0 Å². The first kappa shape index (κ1) is 18.8. The minimum Gasteiger partial charge on any atom is -0.274 e. The van der Waals surface area contributed by atoms with Crippen molar-refractivity contribution < 1.29 is 9.59 Å². The van der Waals surface area contributed by atoms with E-state index in [1.54, 1.807) is 24.3 Å². The molecule has 2 aromatic carbocycles. The molecule has 2 amide bonds. The van der Waals surface area contributed by atoms with Crippen LogP contribution in [0, 0.1) is 0 Å². The molecule has 132 valence electrons. The summed E-state index contributed by atoms with van der Waals surface area (Å²) < 4.78 is 0. The Labute approximate surface area is 170 Å². The zero-order valence-electron chi connectivity index (χ0n) is 13.5. The van der Waals surface area contributed by atoms with E-state index in [-0.39, 0.29) is 28.8 Å². The first-order valence-electron chi connectivity index (χ1n) is 7.79. The summed E-state index contributed by atoms with van der Waals surface area (Å²) in [6, 6.07) is 14.4. The maximum absolute atomic E-state index is 12.4. The van der Waals surface area contributed by atoms with Crippen LogP contribution in [0.5, 0.6) is 0 Å². The molecule has 1 aromatic heterocycles. The average Bonchev–Trinajstić information content (AvgIpc) is 3.19. The molecule has 26 heavy (non-hydrogen) atoms. The van der Waals surface area contributed by atoms with Gasteiger partial charge in [-0.2, -0.15) is 0 Å². The van der Waals surface area contributed by atoms with Gasteiger partial charge in [-0.1, -0.05) is 35.9 Å². The SMILES string of the molecule is Br.O=C1c2ccccc2C(=O)N1CCc1nc(-c2ccc(Cl)cc2)cs1. The van der Waals surface area contributed by atoms with Crippen molar-refractivity contribution in [3.8, 4) is 11.3 Å². The van der Waals surface area contributed by atoms with Gasteiger partial charge in [-0.05, 0) is 24.3 Å². The van der Waals surface area contributed by atoms with Gasteiger partial charge in [0.25, 0.3) is 11.8 Å². The fraction of sp³-hybridized carbons (Fsp3) is 0.105. The highest BCUT2D eigenvalue weighted by Crippen LogP contribution is 2.25. The van der Waals surface area contributed by atoms with Crippen LogP contribution in [0.15, 0.2) is 53.9 Å². The van der Waals surface area contributed by atoms with E-state index in [9.17, 15) is 9.59 Å². The van der Waals surface area contributed by atoms with Gasteiger partial charge in [0.1, 0.15) is 0 Å². The Morgan fingerprint density at radius 3 is 2.19 bits per heavy atom. The van der Waals surface area contributed by atoms with Gasteiger partial charge in [0.2, 0.25) is 0 Å². The minimum absolute atomic E-state index is 0. The number of thiazole rings is 1. The molecule has 0 bridgehead atoms. The maximum atomic E-state index is 12.4. The molecular formula is C19H14BrClN2O2S. The molecule has 1 aliphatic rings. The Hall–Kier alpha value is -2.02. The average molecular weight is 450 g/mol. The molecule has 2 heterocycles. The first-order chi connectivity index (χ1) is 12.1. The molecule has 0 spiro atoms. The van der Waals surface area contributed by atoms with Crippen molar-refractivity contribution in [1.82, 2.24) is 9.88 Å². The van der Waals surface area contributed by atoms with Crippen LogP contribution in [0.4, 0.5) is 0 Å². The lowest BCUT2D eigenvalue weighted by Crippen LogP contribution is -2.31. The summed E-state index contributed by atoms with van der Waals surface area (Å²) in [6.45, 7) is 0.333. The zero-order chi connectivity index (χ0) is 17.4. The van der Waals surface area contributed by atoms with Gasteiger partial charge in [0.05, 0.1) is 21.8 Å². The quantitative estimate of drug-likeness (QED) is 0.533. The Balaban J connectivity index is 0.00000196. The van der Waals surface area contributed by atoms with E-state index in [1.165, 1.54) is 16.2 Å². The molecule has 3 aromatic rings. The van der Waals surface area contributed by atoms with E-state index in [2.05, 4.69) is 4.98 Å². The summed E-state index contributed by atoms with van der Waals surface area (Å²) in [5.74, 6) is -0.454. The summed E-state index contributed by atoms with van der Waals surface area (Å²) in [6.07, 6.45) is 0.545. The van der Waals surface area contributed by atoms with Crippen LogP contribution in [-0.4, -0.2) is 28.2 Å². The van der Waals surface area contributed by atoms with Crippen molar-refractivity contribution in [2.24, 2.45) is 0 Å². The number of rotatable bonds is 4. The van der Waals surface area contributed by atoms with E-state index in [1.807, 2.05) is 29.6 Å². The smallest absolute Gasteiger partial charge is 0.261 e. The van der Waals surface area contributed by atoms with Gasteiger partial charge in [0, 0.05) is 28.9 Å². The van der Waals surface area contributed by atoms with Gasteiger partial charge in [-0.25, -0.2) is 4.98 Å². The summed E-state index contributed by atoms with van der Waals surface area (Å²) in [5, 5.41) is 3.55. The summed E-state index contributed by atoms with van der Waals surface area (Å²) in [5.41, 5.74) is 2.83. The third-order valence-corrected chi connectivity index (χ3v) is 5.28. The van der Waals surface area contributed by atoms with Crippen molar-refractivity contribution in [2.75, 3.05) is 6.54 Å². The normalized spacial score (nSPS) is 12.9. The number of nitrogens with zero attached hydrogens (tertiary/aromatic N) is 2. The van der Waals surface area contributed by atoms with Gasteiger partial charge in [-0.15, -0.1) is 28.3 Å².